The molecule has 34 heavy (non-hydrogen) atoms. The van der Waals surface area contributed by atoms with E-state index in [9.17, 15) is 18.0 Å². The Balaban J connectivity index is 1.61. The van der Waals surface area contributed by atoms with Gasteiger partial charge in [0.1, 0.15) is 0 Å². The molecule has 0 saturated carbocycles. The Morgan fingerprint density at radius 3 is 2.59 bits per heavy atom. The molecule has 8 nitrogen and oxygen atoms in total. The van der Waals surface area contributed by atoms with Crippen molar-refractivity contribution in [2.75, 3.05) is 25.0 Å². The van der Waals surface area contributed by atoms with Gasteiger partial charge in [-0.1, -0.05) is 42.5 Å². The van der Waals surface area contributed by atoms with Crippen LogP contribution < -0.4 is 10.0 Å². The topological polar surface area (TPSA) is 105 Å². The predicted molar refractivity (Wildman–Crippen MR) is 130 cm³/mol. The zero-order valence-corrected chi connectivity index (χ0v) is 19.9. The molecule has 0 spiro atoms. The highest BCUT2D eigenvalue weighted by molar-refractivity contribution is 7.89. The summed E-state index contributed by atoms with van der Waals surface area (Å²) in [6, 6.07) is 17.1. The molecule has 2 N–H and O–H groups in total. The minimum Gasteiger partial charge on any atom is -0.450 e. The molecule has 3 aromatic carbocycles. The number of amides is 2. The molecular weight excluding hydrogens is 454 g/mol. The van der Waals surface area contributed by atoms with Gasteiger partial charge in [0, 0.05) is 30.1 Å². The van der Waals surface area contributed by atoms with Gasteiger partial charge in [-0.2, -0.15) is 0 Å². The molecule has 3 aromatic rings. The number of rotatable bonds is 6. The van der Waals surface area contributed by atoms with Crippen LogP contribution in [0.4, 0.5) is 10.5 Å². The molecule has 0 aliphatic carbocycles. The summed E-state index contributed by atoms with van der Waals surface area (Å²) in [6.45, 7) is 4.49. The molecule has 0 bridgehead atoms. The van der Waals surface area contributed by atoms with Gasteiger partial charge in [-0.15, -0.1) is 0 Å². The Kier molecular flexibility index (Phi) is 6.85. The van der Waals surface area contributed by atoms with Gasteiger partial charge < -0.3 is 15.0 Å². The normalized spacial score (nSPS) is 15.9. The van der Waals surface area contributed by atoms with Crippen molar-refractivity contribution in [3.63, 3.8) is 0 Å². The Hall–Kier alpha value is -3.43. The molecule has 2 amide bonds. The molecule has 1 aliphatic rings. The van der Waals surface area contributed by atoms with E-state index in [0.717, 1.165) is 10.9 Å². The number of benzene rings is 3. The zero-order chi connectivity index (χ0) is 24.3. The number of sulfonamides is 1. The number of carbonyl (C=O) groups is 2. The van der Waals surface area contributed by atoms with Crippen LogP contribution in [0.3, 0.4) is 0 Å². The van der Waals surface area contributed by atoms with Gasteiger partial charge in [0.05, 0.1) is 17.2 Å². The molecule has 178 valence electrons. The highest BCUT2D eigenvalue weighted by Gasteiger charge is 2.31. The van der Waals surface area contributed by atoms with Crippen molar-refractivity contribution in [1.29, 1.82) is 0 Å². The summed E-state index contributed by atoms with van der Waals surface area (Å²) in [5.41, 5.74) is 1.75. The lowest BCUT2D eigenvalue weighted by Crippen LogP contribution is -2.38. The highest BCUT2D eigenvalue weighted by atomic mass is 32.2. The van der Waals surface area contributed by atoms with Crippen LogP contribution >= 0.6 is 0 Å². The Bertz CT molecular complexity index is 1340. The Labute approximate surface area is 199 Å². The number of hydrogen-bond donors (Lipinski definition) is 2. The molecule has 1 aliphatic heterocycles. The fourth-order valence-electron chi connectivity index (χ4n) is 4.08. The first-order valence-electron chi connectivity index (χ1n) is 11.1. The summed E-state index contributed by atoms with van der Waals surface area (Å²) in [5.74, 6) is -0.313. The lowest BCUT2D eigenvalue weighted by molar-refractivity contribution is 0.102. The molecular formula is C25H27N3O5S. The molecule has 9 heteroatoms. The molecule has 0 radical (unpaired) electrons. The van der Waals surface area contributed by atoms with E-state index in [0.29, 0.717) is 29.6 Å². The number of ether oxygens (including phenoxy) is 1. The summed E-state index contributed by atoms with van der Waals surface area (Å²) in [4.78, 5) is 26.4. The van der Waals surface area contributed by atoms with Crippen LogP contribution in [-0.2, 0) is 14.8 Å². The maximum Gasteiger partial charge on any atom is 0.409 e. The van der Waals surface area contributed by atoms with Gasteiger partial charge >= 0.3 is 6.09 Å². The third kappa shape index (κ3) is 5.05. The lowest BCUT2D eigenvalue weighted by Gasteiger charge is -2.17. The van der Waals surface area contributed by atoms with Crippen molar-refractivity contribution in [2.45, 2.75) is 31.2 Å². The summed E-state index contributed by atoms with van der Waals surface area (Å²) < 4.78 is 34.2. The largest absolute Gasteiger partial charge is 0.450 e. The smallest absolute Gasteiger partial charge is 0.409 e. The summed E-state index contributed by atoms with van der Waals surface area (Å²) >= 11 is 0. The Morgan fingerprint density at radius 1 is 1.09 bits per heavy atom. The maximum absolute atomic E-state index is 13.2. The quantitative estimate of drug-likeness (QED) is 0.555. The number of fused-ring (bicyclic) bond motifs is 1. The van der Waals surface area contributed by atoms with Crippen molar-refractivity contribution in [3.8, 4) is 0 Å². The summed E-state index contributed by atoms with van der Waals surface area (Å²) in [6.07, 6.45) is 0.0405. The molecule has 1 atom stereocenters. The van der Waals surface area contributed by atoms with Crippen LogP contribution in [0, 0.1) is 6.92 Å². The molecule has 1 unspecified atom stereocenters. The van der Waals surface area contributed by atoms with Crippen molar-refractivity contribution in [1.82, 2.24) is 9.62 Å². The molecule has 0 aromatic heterocycles. The fourth-order valence-corrected chi connectivity index (χ4v) is 5.41. The number of nitrogens with zero attached hydrogens (tertiary/aromatic N) is 1. The number of carbonyl (C=O) groups excluding carboxylic acids is 2. The third-order valence-corrected chi connectivity index (χ3v) is 7.32. The summed E-state index contributed by atoms with van der Waals surface area (Å²) in [7, 11) is -3.91. The van der Waals surface area contributed by atoms with E-state index in [1.165, 1.54) is 11.0 Å². The van der Waals surface area contributed by atoms with Gasteiger partial charge in [-0.25, -0.2) is 17.9 Å². The van der Waals surface area contributed by atoms with Crippen LogP contribution in [0.15, 0.2) is 65.6 Å². The molecule has 4 rings (SSSR count). The van der Waals surface area contributed by atoms with Crippen LogP contribution in [0.5, 0.6) is 0 Å². The van der Waals surface area contributed by atoms with Crippen LogP contribution in [0.25, 0.3) is 10.8 Å². The van der Waals surface area contributed by atoms with Gasteiger partial charge in [-0.05, 0) is 49.4 Å². The molecule has 1 heterocycles. The minimum atomic E-state index is -3.91. The maximum atomic E-state index is 13.2. The standard InChI is InChI=1S/C25H27N3O5S/c1-3-33-25(30)28-13-12-19(16-28)27-34(31,32)20-14-18-9-5-7-11-22(18)23(15-20)26-24(29)21-10-6-4-8-17(21)2/h4-11,14-15,19,27H,3,12-13,16H2,1-2H3,(H,26,29). The third-order valence-electron chi connectivity index (χ3n) is 5.82. The van der Waals surface area contributed by atoms with E-state index in [1.54, 1.807) is 31.2 Å². The number of anilines is 1. The Morgan fingerprint density at radius 2 is 1.82 bits per heavy atom. The van der Waals surface area contributed by atoms with E-state index in [1.807, 2.05) is 37.3 Å². The average Bonchev–Trinajstić information content (AvgIpc) is 3.27. The number of nitrogens with one attached hydrogen (secondary N) is 2. The minimum absolute atomic E-state index is 0.0425. The lowest BCUT2D eigenvalue weighted by atomic mass is 10.1. The monoisotopic (exact) mass is 481 g/mol. The second kappa shape index (κ2) is 9.82. The van der Waals surface area contributed by atoms with E-state index < -0.39 is 22.2 Å². The first kappa shape index (κ1) is 23.7. The van der Waals surface area contributed by atoms with E-state index in [2.05, 4.69) is 10.0 Å². The SMILES string of the molecule is CCOC(=O)N1CCC(NS(=O)(=O)c2cc(NC(=O)c3ccccc3C)c3ccccc3c2)C1. The van der Waals surface area contributed by atoms with E-state index in [4.69, 9.17) is 4.74 Å². The second-order valence-electron chi connectivity index (χ2n) is 8.21. The van der Waals surface area contributed by atoms with E-state index >= 15 is 0 Å². The van der Waals surface area contributed by atoms with Crippen LogP contribution in [-0.4, -0.2) is 51.1 Å². The fraction of sp³-hybridized carbons (Fsp3) is 0.280. The molecule has 1 saturated heterocycles. The van der Waals surface area contributed by atoms with Crippen LogP contribution in [0.1, 0.15) is 29.3 Å². The number of hydrogen-bond acceptors (Lipinski definition) is 5. The molecule has 1 fully saturated rings. The average molecular weight is 482 g/mol. The predicted octanol–water partition coefficient (Wildman–Crippen LogP) is 3.91. The van der Waals surface area contributed by atoms with Gasteiger partial charge in [0.2, 0.25) is 10.0 Å². The van der Waals surface area contributed by atoms with Crippen LogP contribution in [0.2, 0.25) is 0 Å². The first-order chi connectivity index (χ1) is 16.3. The number of likely N-dealkylation sites (tertiary alicyclic amines) is 1. The van der Waals surface area contributed by atoms with Crippen molar-refractivity contribution < 1.29 is 22.7 Å². The summed E-state index contributed by atoms with van der Waals surface area (Å²) in [5, 5.41) is 4.30. The number of aryl methyl sites for hydroxylation is 1. The van der Waals surface area contributed by atoms with Crippen molar-refractivity contribution in [2.24, 2.45) is 0 Å². The van der Waals surface area contributed by atoms with Crippen molar-refractivity contribution in [3.05, 3.63) is 71.8 Å². The highest BCUT2D eigenvalue weighted by Crippen LogP contribution is 2.29. The van der Waals surface area contributed by atoms with E-state index in [-0.39, 0.29) is 24.0 Å². The zero-order valence-electron chi connectivity index (χ0n) is 19.1. The van der Waals surface area contributed by atoms with Gasteiger partial charge in [0.15, 0.2) is 0 Å². The first-order valence-corrected chi connectivity index (χ1v) is 12.6. The van der Waals surface area contributed by atoms with Gasteiger partial charge in [-0.3, -0.25) is 4.79 Å². The second-order valence-corrected chi connectivity index (χ2v) is 9.93. The van der Waals surface area contributed by atoms with Crippen molar-refractivity contribution >= 4 is 38.5 Å². The van der Waals surface area contributed by atoms with Gasteiger partial charge in [0.25, 0.3) is 5.91 Å².